The van der Waals surface area contributed by atoms with Crippen LogP contribution in [0.4, 0.5) is 14.5 Å². The summed E-state index contributed by atoms with van der Waals surface area (Å²) in [5.74, 6) is -0.872. The minimum Gasteiger partial charge on any atom is -0.378 e. The second-order valence-electron chi connectivity index (χ2n) is 6.30. The molecule has 0 saturated carbocycles. The van der Waals surface area contributed by atoms with Crippen LogP contribution in [0.15, 0.2) is 41.5 Å². The number of aromatic nitrogens is 1. The number of halogens is 2. The van der Waals surface area contributed by atoms with Crippen LogP contribution in [0.3, 0.4) is 0 Å². The van der Waals surface area contributed by atoms with Gasteiger partial charge in [0.05, 0.1) is 12.8 Å². The highest BCUT2D eigenvalue weighted by atomic mass is 32.2. The van der Waals surface area contributed by atoms with Crippen molar-refractivity contribution >= 4 is 28.5 Å². The average molecular weight is 390 g/mol. The van der Waals surface area contributed by atoms with Crippen molar-refractivity contribution in [2.75, 3.05) is 17.7 Å². The number of carbonyl (C=O) groups is 1. The Morgan fingerprint density at radius 2 is 2.19 bits per heavy atom. The maximum absolute atomic E-state index is 14.7. The van der Waals surface area contributed by atoms with Crippen LogP contribution < -0.4 is 11.1 Å². The molecule has 6 nitrogen and oxygen atoms in total. The molecule has 0 radical (unpaired) electrons. The SMILES string of the molecule is NC1=NC2(c3cc(NC(=O)c4ccc(F)cn4)ccc3F)OCCC2CS1. The molecule has 1 amide bonds. The van der Waals surface area contributed by atoms with Crippen LogP contribution in [0.25, 0.3) is 0 Å². The van der Waals surface area contributed by atoms with Gasteiger partial charge in [-0.15, -0.1) is 0 Å². The number of ether oxygens (including phenoxy) is 1. The molecule has 1 fully saturated rings. The maximum Gasteiger partial charge on any atom is 0.274 e. The van der Waals surface area contributed by atoms with Gasteiger partial charge in [0, 0.05) is 22.9 Å². The number of hydrogen-bond acceptors (Lipinski definition) is 6. The Labute approximate surface area is 158 Å². The summed E-state index contributed by atoms with van der Waals surface area (Å²) in [5, 5.41) is 2.99. The minimum absolute atomic E-state index is 0.00554. The van der Waals surface area contributed by atoms with Crippen LogP contribution in [0.1, 0.15) is 22.5 Å². The van der Waals surface area contributed by atoms with Gasteiger partial charge < -0.3 is 15.8 Å². The molecule has 2 aliphatic rings. The fourth-order valence-corrected chi connectivity index (χ4v) is 4.28. The third kappa shape index (κ3) is 3.28. The molecule has 1 saturated heterocycles. The molecule has 3 heterocycles. The molecule has 2 atom stereocenters. The standard InChI is InChI=1S/C18H16F2N4O2S/c19-11-1-4-15(22-8-11)16(25)23-12-2-3-14(20)13(7-12)18-10(5-6-26-18)9-27-17(21)24-18/h1-4,7-8,10H,5-6,9H2,(H2,21,24)(H,23,25). The van der Waals surface area contributed by atoms with E-state index in [1.54, 1.807) is 0 Å². The van der Waals surface area contributed by atoms with E-state index in [0.717, 1.165) is 18.7 Å². The zero-order valence-corrected chi connectivity index (χ0v) is 14.9. The Morgan fingerprint density at radius 1 is 1.33 bits per heavy atom. The van der Waals surface area contributed by atoms with E-state index < -0.39 is 23.3 Å². The van der Waals surface area contributed by atoms with Crippen LogP contribution in [0, 0.1) is 17.6 Å². The number of nitrogens with one attached hydrogen (secondary N) is 1. The summed E-state index contributed by atoms with van der Waals surface area (Å²) in [6, 6.07) is 6.61. The molecule has 0 spiro atoms. The highest BCUT2D eigenvalue weighted by molar-refractivity contribution is 8.13. The highest BCUT2D eigenvalue weighted by Crippen LogP contribution is 2.48. The molecular formula is C18H16F2N4O2S. The molecule has 0 aliphatic carbocycles. The number of thioether (sulfide) groups is 1. The van der Waals surface area contributed by atoms with Crippen LogP contribution in [-0.4, -0.2) is 28.4 Å². The summed E-state index contributed by atoms with van der Waals surface area (Å²) in [5.41, 5.74) is 5.34. The number of nitrogens with two attached hydrogens (primary N) is 1. The van der Waals surface area contributed by atoms with E-state index in [9.17, 15) is 13.6 Å². The Hall–Kier alpha value is -2.52. The van der Waals surface area contributed by atoms with Crippen LogP contribution in [0.2, 0.25) is 0 Å². The lowest BCUT2D eigenvalue weighted by Gasteiger charge is -2.34. The zero-order chi connectivity index (χ0) is 19.0. The average Bonchev–Trinajstić information content (AvgIpc) is 3.07. The van der Waals surface area contributed by atoms with Gasteiger partial charge in [0.2, 0.25) is 0 Å². The topological polar surface area (TPSA) is 89.6 Å². The molecule has 1 aromatic carbocycles. The van der Waals surface area contributed by atoms with E-state index in [1.165, 1.54) is 36.0 Å². The summed E-state index contributed by atoms with van der Waals surface area (Å²) < 4.78 is 33.5. The number of pyridine rings is 1. The number of carbonyl (C=O) groups excluding carboxylic acids is 1. The van der Waals surface area contributed by atoms with E-state index in [4.69, 9.17) is 10.5 Å². The Kier molecular flexibility index (Phi) is 4.56. The highest BCUT2D eigenvalue weighted by Gasteiger charge is 2.49. The number of aliphatic imine (C=N–C) groups is 1. The number of amidine groups is 1. The molecule has 2 aliphatic heterocycles. The van der Waals surface area contributed by atoms with Crippen molar-refractivity contribution < 1.29 is 18.3 Å². The first-order chi connectivity index (χ1) is 13.0. The first kappa shape index (κ1) is 17.9. The minimum atomic E-state index is -1.17. The lowest BCUT2D eigenvalue weighted by Crippen LogP contribution is -2.38. The largest absolute Gasteiger partial charge is 0.378 e. The second kappa shape index (κ2) is 6.90. The first-order valence-corrected chi connectivity index (χ1v) is 9.31. The van der Waals surface area contributed by atoms with Gasteiger partial charge in [0.15, 0.2) is 10.9 Å². The van der Waals surface area contributed by atoms with E-state index in [0.29, 0.717) is 23.2 Å². The van der Waals surface area contributed by atoms with Gasteiger partial charge in [-0.3, -0.25) is 4.79 Å². The van der Waals surface area contributed by atoms with Crippen molar-refractivity contribution in [3.05, 3.63) is 59.4 Å². The molecule has 27 heavy (non-hydrogen) atoms. The molecular weight excluding hydrogens is 374 g/mol. The predicted molar refractivity (Wildman–Crippen MR) is 98.4 cm³/mol. The smallest absolute Gasteiger partial charge is 0.274 e. The number of nitrogens with zero attached hydrogens (tertiary/aromatic N) is 2. The van der Waals surface area contributed by atoms with Gasteiger partial charge in [0.1, 0.15) is 17.3 Å². The van der Waals surface area contributed by atoms with Gasteiger partial charge in [-0.1, -0.05) is 11.8 Å². The molecule has 2 unspecified atom stereocenters. The van der Waals surface area contributed by atoms with E-state index in [-0.39, 0.29) is 17.2 Å². The molecule has 9 heteroatoms. The molecule has 1 aromatic heterocycles. The van der Waals surface area contributed by atoms with Crippen LogP contribution >= 0.6 is 11.8 Å². The number of anilines is 1. The monoisotopic (exact) mass is 390 g/mol. The van der Waals surface area contributed by atoms with E-state index in [1.807, 2.05) is 0 Å². The summed E-state index contributed by atoms with van der Waals surface area (Å²) in [4.78, 5) is 20.5. The van der Waals surface area contributed by atoms with Gasteiger partial charge in [-0.05, 0) is 36.8 Å². The quantitative estimate of drug-likeness (QED) is 0.841. The zero-order valence-electron chi connectivity index (χ0n) is 14.1. The van der Waals surface area contributed by atoms with Gasteiger partial charge in [-0.2, -0.15) is 0 Å². The predicted octanol–water partition coefficient (Wildman–Crippen LogP) is 2.86. The molecule has 3 N–H and O–H groups in total. The normalized spacial score (nSPS) is 24.2. The van der Waals surface area contributed by atoms with Crippen molar-refractivity contribution in [1.82, 2.24) is 4.98 Å². The fraction of sp³-hybridized carbons (Fsp3) is 0.278. The summed E-state index contributed by atoms with van der Waals surface area (Å²) in [7, 11) is 0. The van der Waals surface area contributed by atoms with Gasteiger partial charge in [-0.25, -0.2) is 18.8 Å². The first-order valence-electron chi connectivity index (χ1n) is 8.33. The molecule has 0 bridgehead atoms. The summed E-state index contributed by atoms with van der Waals surface area (Å²) >= 11 is 1.42. The number of amides is 1. The van der Waals surface area contributed by atoms with Crippen molar-refractivity contribution in [3.63, 3.8) is 0 Å². The number of rotatable bonds is 3. The van der Waals surface area contributed by atoms with E-state index in [2.05, 4.69) is 15.3 Å². The second-order valence-corrected chi connectivity index (χ2v) is 7.34. The fourth-order valence-electron chi connectivity index (χ4n) is 3.31. The molecule has 4 rings (SSSR count). The maximum atomic E-state index is 14.7. The Balaban J connectivity index is 1.67. The van der Waals surface area contributed by atoms with Crippen LogP contribution in [-0.2, 0) is 10.5 Å². The van der Waals surface area contributed by atoms with Crippen molar-refractivity contribution in [2.24, 2.45) is 16.6 Å². The van der Waals surface area contributed by atoms with Gasteiger partial charge in [0.25, 0.3) is 5.91 Å². The Bertz CT molecular complexity index is 922. The lowest BCUT2D eigenvalue weighted by molar-refractivity contribution is -0.0170. The lowest BCUT2D eigenvalue weighted by atomic mass is 9.89. The number of fused-ring (bicyclic) bond motifs is 1. The van der Waals surface area contributed by atoms with E-state index >= 15 is 0 Å². The number of benzene rings is 1. The third-order valence-electron chi connectivity index (χ3n) is 4.62. The Morgan fingerprint density at radius 3 is 2.96 bits per heavy atom. The number of hydrogen-bond donors (Lipinski definition) is 2. The van der Waals surface area contributed by atoms with Crippen LogP contribution in [0.5, 0.6) is 0 Å². The van der Waals surface area contributed by atoms with Gasteiger partial charge >= 0.3 is 0 Å². The summed E-state index contributed by atoms with van der Waals surface area (Å²) in [6.07, 6.45) is 1.71. The third-order valence-corrected chi connectivity index (χ3v) is 5.58. The summed E-state index contributed by atoms with van der Waals surface area (Å²) in [6.45, 7) is 0.456. The molecule has 2 aromatic rings. The van der Waals surface area contributed by atoms with Crippen molar-refractivity contribution in [2.45, 2.75) is 12.1 Å². The van der Waals surface area contributed by atoms with Crippen molar-refractivity contribution in [1.29, 1.82) is 0 Å². The molecule has 140 valence electrons. The van der Waals surface area contributed by atoms with Crippen molar-refractivity contribution in [3.8, 4) is 0 Å².